The number of halogens is 4. The summed E-state index contributed by atoms with van der Waals surface area (Å²) in [7, 11) is -3.39. The van der Waals surface area contributed by atoms with Crippen LogP contribution in [0.25, 0.3) is 0 Å². The number of hydrogen-bond acceptors (Lipinski definition) is 7. The summed E-state index contributed by atoms with van der Waals surface area (Å²) < 4.78 is 41.1. The third kappa shape index (κ3) is 186. The Kier molecular flexibility index (Phi) is 143. The molecule has 0 unspecified atom stereocenters. The second-order valence-electron chi connectivity index (χ2n) is 3.33. The van der Waals surface area contributed by atoms with Crippen LogP contribution >= 0.6 is 0 Å². The molecule has 0 aromatic heterocycles. The van der Waals surface area contributed by atoms with Gasteiger partial charge in [-0.2, -0.15) is 8.42 Å². The Morgan fingerprint density at radius 1 is 0.857 bits per heavy atom. The van der Waals surface area contributed by atoms with E-state index in [1.165, 1.54) is 0 Å². The number of nitrogens with one attached hydrogen (secondary N) is 2. The molecule has 11 nitrogen and oxygen atoms in total. The van der Waals surface area contributed by atoms with E-state index in [4.69, 9.17) is 27.7 Å². The van der Waals surface area contributed by atoms with Crippen molar-refractivity contribution in [2.75, 3.05) is 52.5 Å². The van der Waals surface area contributed by atoms with E-state index in [0.717, 1.165) is 26.2 Å². The Balaban J connectivity index is -0.0000000149. The molecule has 1 fully saturated rings. The second-order valence-corrected chi connectivity index (χ2v) is 6.94. The van der Waals surface area contributed by atoms with Crippen LogP contribution in [0.4, 0.5) is 0 Å². The normalized spacial score (nSPS) is 9.86. The zero-order chi connectivity index (χ0) is 18.3. The van der Waals surface area contributed by atoms with Gasteiger partial charge in [-0.1, -0.05) is 0 Å². The Bertz CT molecular complexity index is 314. The fourth-order valence-corrected chi connectivity index (χ4v) is 0.604. The Morgan fingerprint density at radius 2 is 0.964 bits per heavy atom. The number of rotatable bonds is 2. The van der Waals surface area contributed by atoms with Gasteiger partial charge in [-0.15, -0.1) is 0 Å². The molecule has 1 aliphatic rings. The monoisotopic (exact) mass is 570 g/mol. The second kappa shape index (κ2) is 63.1. The molecule has 1 aliphatic heterocycles. The molecule has 0 radical (unpaired) electrons. The summed E-state index contributed by atoms with van der Waals surface area (Å²) in [6.45, 7) is 6.22. The summed E-state index contributed by atoms with van der Waals surface area (Å²) in [5, 5.41) is 22.1. The summed E-state index contributed by atoms with van der Waals surface area (Å²) in [5.41, 5.74) is 6.71. The maximum atomic E-state index is 9.31. The van der Waals surface area contributed by atoms with E-state index in [-0.39, 0.29) is 110 Å². The van der Waals surface area contributed by atoms with Gasteiger partial charge in [-0.25, -0.2) is 0 Å². The summed E-state index contributed by atoms with van der Waals surface area (Å²) in [5.74, 6) is 0. The number of aliphatic hydroxyl groups excluding tert-OH is 2. The van der Waals surface area contributed by atoms with Crippen molar-refractivity contribution in [2.24, 2.45) is 0 Å². The minimum absolute atomic E-state index is 0. The molecular weight excluding hydrogens is 543 g/mol. The number of hydrogen-bond donors (Lipinski definition) is 8. The summed E-state index contributed by atoms with van der Waals surface area (Å²) in [6.07, 6.45) is 0. The van der Waals surface area contributed by atoms with Crippen LogP contribution < -0.4 is 71.7 Å². The average molecular weight is 573 g/mol. The van der Waals surface area contributed by atoms with Crippen LogP contribution in [-0.4, -0.2) is 150 Å². The first kappa shape index (κ1) is 63.3. The molecule has 0 atom stereocenters. The fraction of sp³-hybridized carbons (Fsp3) is 1.00. The SMILES string of the molecule is C1CNCCN1.O=S=O.O=[S](O)(O)=[Mg].[2H-].[Cl-].[Cl-].[Cl-].[Cl-].[Mg+2].[Mg+2].[NH3+]CCO.[NH3+]CCO. The molecular formula is C8H29Cl4Mg3N4O7S2+. The quantitative estimate of drug-likeness (QED) is 0.147. The van der Waals surface area contributed by atoms with Crippen LogP contribution in [0.1, 0.15) is 1.43 Å². The van der Waals surface area contributed by atoms with E-state index in [0.29, 0.717) is 32.9 Å². The van der Waals surface area contributed by atoms with Gasteiger partial charge in [0.25, 0.3) is 0 Å². The van der Waals surface area contributed by atoms with E-state index in [1.807, 2.05) is 0 Å². The Hall–Kier alpha value is 3.11. The van der Waals surface area contributed by atoms with Gasteiger partial charge in [-0.05, 0) is 0 Å². The van der Waals surface area contributed by atoms with Crippen molar-refractivity contribution in [3.05, 3.63) is 0 Å². The molecule has 1 rings (SSSR count). The molecule has 0 bridgehead atoms. The largest absolute Gasteiger partial charge is 2.00 e. The van der Waals surface area contributed by atoms with Gasteiger partial charge in [0.2, 0.25) is 0 Å². The first-order valence-corrected chi connectivity index (χ1v) is 10.2. The van der Waals surface area contributed by atoms with Gasteiger partial charge < -0.3 is 83.4 Å². The predicted octanol–water partition coefficient (Wildman–Crippen LogP) is -18.4. The summed E-state index contributed by atoms with van der Waals surface area (Å²) >= 11 is -0.0995. The summed E-state index contributed by atoms with van der Waals surface area (Å²) in [4.78, 5) is 0. The summed E-state index contributed by atoms with van der Waals surface area (Å²) in [6, 6.07) is 0. The molecule has 0 amide bonds. The standard InChI is InChI=1S/C4H10N2.2C2H7NO.4ClH.3Mg.H2O3S.O2S.H/c1-2-6-4-3-5-1;2*3-1-2-4;;;;;;;;1-4(2)3;1-3-2;/h5-6H,1-4H2;2*4H,1-3H2;4*1H;;;;(H2,1,2,3);;/q;;;;;;;;2*+2;;;-1/p-2/i;;;;;;;;;;;;1+1. The van der Waals surface area contributed by atoms with E-state index in [2.05, 4.69) is 22.1 Å². The zero-order valence-electron chi connectivity index (χ0n) is 16.5. The fourth-order valence-electron chi connectivity index (χ4n) is 0.604. The topological polar surface area (TPSA) is 211 Å². The first-order chi connectivity index (χ1) is 10.2. The van der Waals surface area contributed by atoms with E-state index >= 15 is 0 Å². The molecule has 1 saturated heterocycles. The predicted molar refractivity (Wildman–Crippen MR) is 96.1 cm³/mol. The van der Waals surface area contributed by atoms with Crippen molar-refractivity contribution in [3.63, 3.8) is 0 Å². The van der Waals surface area contributed by atoms with Gasteiger partial charge in [0.05, 0.1) is 26.3 Å². The minimum atomic E-state index is -3.39. The molecule has 20 heteroatoms. The van der Waals surface area contributed by atoms with Gasteiger partial charge in [0.1, 0.15) is 0 Å². The molecule has 0 aliphatic carbocycles. The van der Waals surface area contributed by atoms with Crippen LogP contribution in [0.15, 0.2) is 0 Å². The van der Waals surface area contributed by atoms with Crippen molar-refractivity contribution in [1.29, 1.82) is 0 Å². The van der Waals surface area contributed by atoms with Crippen LogP contribution in [0.2, 0.25) is 0 Å². The van der Waals surface area contributed by atoms with E-state index in [1.54, 1.807) is 0 Å². The van der Waals surface area contributed by atoms with Gasteiger partial charge >= 0.3 is 98.1 Å². The molecule has 1 heterocycles. The zero-order valence-corrected chi connectivity index (χ0v) is 24.4. The van der Waals surface area contributed by atoms with Crippen molar-refractivity contribution in [3.8, 4) is 0 Å². The van der Waals surface area contributed by atoms with Gasteiger partial charge in [-0.3, -0.25) is 0 Å². The average Bonchev–Trinajstić information content (AvgIpc) is 2.49. The Morgan fingerprint density at radius 3 is 1.00 bits per heavy atom. The third-order valence-corrected chi connectivity index (χ3v) is 1.27. The maximum absolute atomic E-state index is 9.31. The van der Waals surface area contributed by atoms with Crippen LogP contribution in [0.3, 0.4) is 0 Å². The van der Waals surface area contributed by atoms with Crippen molar-refractivity contribution in [1.82, 2.24) is 10.6 Å². The van der Waals surface area contributed by atoms with Crippen molar-refractivity contribution >= 4 is 84.8 Å². The molecule has 0 saturated carbocycles. The molecule has 168 valence electrons. The van der Waals surface area contributed by atoms with Crippen molar-refractivity contribution in [2.45, 2.75) is 0 Å². The smallest absolute Gasteiger partial charge is 1.00 e. The minimum Gasteiger partial charge on any atom is -1.00 e. The van der Waals surface area contributed by atoms with Gasteiger partial charge in [0.15, 0.2) is 0 Å². The number of quaternary nitrogens is 2. The molecule has 0 aromatic rings. The molecule has 0 spiro atoms. The van der Waals surface area contributed by atoms with E-state index < -0.39 is 18.9 Å². The third-order valence-electron chi connectivity index (χ3n) is 1.27. The van der Waals surface area contributed by atoms with Crippen LogP contribution in [0, 0.1) is 0 Å². The van der Waals surface area contributed by atoms with E-state index in [9.17, 15) is 4.21 Å². The number of piperazine rings is 1. The van der Waals surface area contributed by atoms with Crippen LogP contribution in [0.5, 0.6) is 0 Å². The molecule has 28 heavy (non-hydrogen) atoms. The molecule has 0 aromatic carbocycles. The van der Waals surface area contributed by atoms with Crippen LogP contribution in [-0.2, 0) is 18.9 Å². The van der Waals surface area contributed by atoms with Crippen molar-refractivity contribution < 1.29 is 94.5 Å². The first-order valence-electron chi connectivity index (χ1n) is 6.20. The maximum Gasteiger partial charge on any atom is 2.00 e. The molecule has 12 N–H and O–H groups in total. The van der Waals surface area contributed by atoms with Gasteiger partial charge in [0, 0.05) is 26.2 Å². The Labute approximate surface area is 239 Å². The number of aliphatic hydroxyl groups is 2.